The zero-order valence-electron chi connectivity index (χ0n) is 15.1. The van der Waals surface area contributed by atoms with Gasteiger partial charge in [-0.3, -0.25) is 0 Å². The summed E-state index contributed by atoms with van der Waals surface area (Å²) < 4.78 is 28.3. The average Bonchev–Trinajstić information content (AvgIpc) is 2.65. The summed E-state index contributed by atoms with van der Waals surface area (Å²) in [7, 11) is 0. The Morgan fingerprint density at radius 2 is 1.52 bits per heavy atom. The quantitative estimate of drug-likeness (QED) is 0.546. The number of benzene rings is 2. The molecule has 3 rings (SSSR count). The number of allylic oxidation sites excluding steroid dienone is 1. The minimum Gasteiger partial charge on any atom is -0.206 e. The summed E-state index contributed by atoms with van der Waals surface area (Å²) in [6.07, 6.45) is 9.51. The molecule has 0 heterocycles. The zero-order chi connectivity index (χ0) is 17.8. The van der Waals surface area contributed by atoms with E-state index < -0.39 is 11.6 Å². The van der Waals surface area contributed by atoms with Gasteiger partial charge < -0.3 is 0 Å². The lowest BCUT2D eigenvalue weighted by atomic mass is 9.77. The maximum absolute atomic E-state index is 14.1. The van der Waals surface area contributed by atoms with Gasteiger partial charge in [-0.2, -0.15) is 0 Å². The third-order valence-electron chi connectivity index (χ3n) is 5.55. The first-order valence-corrected chi connectivity index (χ1v) is 9.34. The molecule has 0 spiro atoms. The van der Waals surface area contributed by atoms with Crippen LogP contribution in [0.1, 0.15) is 63.0 Å². The van der Waals surface area contributed by atoms with Gasteiger partial charge in [0.2, 0.25) is 0 Å². The van der Waals surface area contributed by atoms with Gasteiger partial charge in [-0.25, -0.2) is 8.78 Å². The molecule has 0 bridgehead atoms. The Hall–Kier alpha value is -1.96. The van der Waals surface area contributed by atoms with Crippen molar-refractivity contribution < 1.29 is 8.78 Å². The Labute approximate surface area is 149 Å². The lowest BCUT2D eigenvalue weighted by molar-refractivity contribution is 0.319. The minimum absolute atomic E-state index is 0.0237. The highest BCUT2D eigenvalue weighted by Gasteiger charge is 2.21. The van der Waals surface area contributed by atoms with E-state index >= 15 is 0 Å². The average molecular weight is 340 g/mol. The number of rotatable bonds is 4. The second-order valence-corrected chi connectivity index (χ2v) is 7.10. The predicted octanol–water partition coefficient (Wildman–Crippen LogP) is 7.35. The van der Waals surface area contributed by atoms with Crippen LogP contribution in [0.15, 0.2) is 42.5 Å². The van der Waals surface area contributed by atoms with E-state index in [0.29, 0.717) is 11.5 Å². The molecule has 0 unspecified atom stereocenters. The Balaban J connectivity index is 1.79. The van der Waals surface area contributed by atoms with Gasteiger partial charge in [-0.1, -0.05) is 49.8 Å². The van der Waals surface area contributed by atoms with Crippen LogP contribution >= 0.6 is 0 Å². The van der Waals surface area contributed by atoms with Gasteiger partial charge in [-0.15, -0.1) is 0 Å². The Bertz CT molecular complexity index is 712. The van der Waals surface area contributed by atoms with Crippen LogP contribution in [0.2, 0.25) is 0 Å². The van der Waals surface area contributed by atoms with Crippen molar-refractivity contribution in [3.05, 3.63) is 65.2 Å². The molecule has 25 heavy (non-hydrogen) atoms. The van der Waals surface area contributed by atoms with Crippen molar-refractivity contribution in [2.24, 2.45) is 5.92 Å². The highest BCUT2D eigenvalue weighted by molar-refractivity contribution is 5.66. The van der Waals surface area contributed by atoms with E-state index in [0.717, 1.165) is 11.5 Å². The standard InChI is InChI=1S/C23H26F2/c1-3-5-21-22(24)14-20(15-23(21)25)19-12-10-18(11-13-19)17-8-6-16(4-2)7-9-17/h3,5,10-17H,4,6-9H2,1-2H3/b5-3+. The molecule has 0 aromatic heterocycles. The highest BCUT2D eigenvalue weighted by atomic mass is 19.1. The van der Waals surface area contributed by atoms with Crippen LogP contribution in [0, 0.1) is 17.6 Å². The first-order valence-electron chi connectivity index (χ1n) is 9.34. The van der Waals surface area contributed by atoms with Crippen molar-refractivity contribution in [1.29, 1.82) is 0 Å². The summed E-state index contributed by atoms with van der Waals surface area (Å²) in [5.41, 5.74) is 2.82. The van der Waals surface area contributed by atoms with E-state index in [9.17, 15) is 8.78 Å². The van der Waals surface area contributed by atoms with Gasteiger partial charge >= 0.3 is 0 Å². The monoisotopic (exact) mass is 340 g/mol. The molecular weight excluding hydrogens is 314 g/mol. The van der Waals surface area contributed by atoms with Crippen molar-refractivity contribution in [2.75, 3.05) is 0 Å². The zero-order valence-corrected chi connectivity index (χ0v) is 15.1. The van der Waals surface area contributed by atoms with Crippen molar-refractivity contribution in [3.63, 3.8) is 0 Å². The van der Waals surface area contributed by atoms with E-state index in [4.69, 9.17) is 0 Å². The smallest absolute Gasteiger partial charge is 0.133 e. The SMILES string of the molecule is C/C=C/c1c(F)cc(-c2ccc(C3CCC(CC)CC3)cc2)cc1F. The first kappa shape index (κ1) is 17.8. The first-order chi connectivity index (χ1) is 12.1. The molecule has 132 valence electrons. The highest BCUT2D eigenvalue weighted by Crippen LogP contribution is 2.37. The van der Waals surface area contributed by atoms with Crippen LogP contribution < -0.4 is 0 Å². The van der Waals surface area contributed by atoms with Gasteiger partial charge in [0.05, 0.1) is 0 Å². The second kappa shape index (κ2) is 7.95. The van der Waals surface area contributed by atoms with Crippen LogP contribution in [0.4, 0.5) is 8.78 Å². The van der Waals surface area contributed by atoms with Crippen molar-refractivity contribution in [1.82, 2.24) is 0 Å². The van der Waals surface area contributed by atoms with E-state index in [2.05, 4.69) is 19.1 Å². The van der Waals surface area contributed by atoms with Crippen LogP contribution in [0.25, 0.3) is 17.2 Å². The lowest BCUT2D eigenvalue weighted by Gasteiger charge is -2.28. The second-order valence-electron chi connectivity index (χ2n) is 7.10. The maximum atomic E-state index is 14.1. The molecule has 2 aromatic carbocycles. The van der Waals surface area contributed by atoms with Gasteiger partial charge in [0.1, 0.15) is 11.6 Å². The van der Waals surface area contributed by atoms with Crippen molar-refractivity contribution in [2.45, 2.75) is 51.9 Å². The molecule has 1 fully saturated rings. The molecule has 1 aliphatic rings. The maximum Gasteiger partial charge on any atom is 0.133 e. The van der Waals surface area contributed by atoms with Crippen LogP contribution in [-0.4, -0.2) is 0 Å². The van der Waals surface area contributed by atoms with Crippen molar-refractivity contribution in [3.8, 4) is 11.1 Å². The molecular formula is C23H26F2. The number of hydrogen-bond donors (Lipinski definition) is 0. The Morgan fingerprint density at radius 1 is 0.920 bits per heavy atom. The summed E-state index contributed by atoms with van der Waals surface area (Å²) >= 11 is 0. The fourth-order valence-electron chi connectivity index (χ4n) is 3.93. The molecule has 1 saturated carbocycles. The van der Waals surface area contributed by atoms with E-state index in [-0.39, 0.29) is 5.56 Å². The molecule has 2 aromatic rings. The summed E-state index contributed by atoms with van der Waals surface area (Å²) in [4.78, 5) is 0. The summed E-state index contributed by atoms with van der Waals surface area (Å²) in [6, 6.07) is 11.1. The van der Waals surface area contributed by atoms with Gasteiger partial charge in [-0.05, 0) is 73.3 Å². The van der Waals surface area contributed by atoms with Crippen LogP contribution in [-0.2, 0) is 0 Å². The van der Waals surface area contributed by atoms with E-state index in [1.807, 2.05) is 12.1 Å². The largest absolute Gasteiger partial charge is 0.206 e. The lowest BCUT2D eigenvalue weighted by Crippen LogP contribution is -2.12. The predicted molar refractivity (Wildman–Crippen MR) is 101 cm³/mol. The fraction of sp³-hybridized carbons (Fsp3) is 0.391. The van der Waals surface area contributed by atoms with Crippen LogP contribution in [0.3, 0.4) is 0 Å². The molecule has 0 saturated heterocycles. The molecule has 0 atom stereocenters. The van der Waals surface area contributed by atoms with Gasteiger partial charge in [0.15, 0.2) is 0 Å². The summed E-state index contributed by atoms with van der Waals surface area (Å²) in [5.74, 6) is 0.477. The van der Waals surface area contributed by atoms with Crippen LogP contribution in [0.5, 0.6) is 0 Å². The van der Waals surface area contributed by atoms with Crippen molar-refractivity contribution >= 4 is 6.08 Å². The third-order valence-corrected chi connectivity index (χ3v) is 5.55. The molecule has 0 amide bonds. The molecule has 0 N–H and O–H groups in total. The normalized spacial score (nSPS) is 21.0. The number of hydrogen-bond acceptors (Lipinski definition) is 0. The summed E-state index contributed by atoms with van der Waals surface area (Å²) in [5, 5.41) is 0. The van der Waals surface area contributed by atoms with Gasteiger partial charge in [0.25, 0.3) is 0 Å². The Kier molecular flexibility index (Phi) is 5.67. The molecule has 2 heteroatoms. The van der Waals surface area contributed by atoms with E-state index in [1.165, 1.54) is 55.9 Å². The molecule has 0 nitrogen and oxygen atoms in total. The summed E-state index contributed by atoms with van der Waals surface area (Å²) in [6.45, 7) is 4.03. The van der Waals surface area contributed by atoms with Gasteiger partial charge in [0, 0.05) is 5.56 Å². The third kappa shape index (κ3) is 4.00. The molecule has 1 aliphatic carbocycles. The fourth-order valence-corrected chi connectivity index (χ4v) is 3.93. The van der Waals surface area contributed by atoms with E-state index in [1.54, 1.807) is 13.0 Å². The Morgan fingerprint density at radius 3 is 2.04 bits per heavy atom. The number of halogens is 2. The molecule has 0 radical (unpaired) electrons. The molecule has 0 aliphatic heterocycles. The topological polar surface area (TPSA) is 0 Å². The minimum atomic E-state index is -0.518.